The molecule has 3 aromatic rings. The summed E-state index contributed by atoms with van der Waals surface area (Å²) in [5.74, 6) is -1.09. The number of amides is 3. The fraction of sp³-hybridized carbons (Fsp3) is 0.433. The molecule has 0 radical (unpaired) electrons. The Morgan fingerprint density at radius 1 is 1.00 bits per heavy atom. The minimum Gasteiger partial charge on any atom is -0.355 e. The van der Waals surface area contributed by atoms with Crippen LogP contribution in [0.1, 0.15) is 43.7 Å². The predicted octanol–water partition coefficient (Wildman–Crippen LogP) is 3.33. The number of nitrogens with one attached hydrogen (secondary N) is 5. The maximum Gasteiger partial charge on any atom is 0.243 e. The Balaban J connectivity index is 1.70. The first kappa shape index (κ1) is 30.5. The van der Waals surface area contributed by atoms with Crippen molar-refractivity contribution in [3.63, 3.8) is 0 Å². The molecule has 3 amide bonds. The number of fused-ring (bicyclic) bond motifs is 2. The van der Waals surface area contributed by atoms with Gasteiger partial charge in [-0.2, -0.15) is 0 Å². The first-order valence-electron chi connectivity index (χ1n) is 13.9. The summed E-state index contributed by atoms with van der Waals surface area (Å²) in [5.41, 5.74) is 4.07. The van der Waals surface area contributed by atoms with Gasteiger partial charge in [-0.1, -0.05) is 24.3 Å². The van der Waals surface area contributed by atoms with Gasteiger partial charge in [0.25, 0.3) is 0 Å². The number of carbonyl (C=O) groups is 3. The molecule has 11 heteroatoms. The zero-order chi connectivity index (χ0) is 29.2. The lowest BCUT2D eigenvalue weighted by Crippen LogP contribution is -2.55. The number of benzene rings is 2. The van der Waals surface area contributed by atoms with E-state index in [9.17, 15) is 14.4 Å². The molecule has 220 valence electrons. The second kappa shape index (κ2) is 15.0. The number of aromatic nitrogens is 1. The molecule has 41 heavy (non-hydrogen) atoms. The number of hydrogen-bond acceptors (Lipinski definition) is 6. The Morgan fingerprint density at radius 2 is 1.73 bits per heavy atom. The number of allylic oxidation sites excluding steroid dienone is 1. The van der Waals surface area contributed by atoms with E-state index < -0.39 is 18.0 Å². The zero-order valence-corrected chi connectivity index (χ0v) is 24.2. The largest absolute Gasteiger partial charge is 0.355 e. The van der Waals surface area contributed by atoms with Crippen LogP contribution < -0.4 is 20.8 Å². The Kier molecular flexibility index (Phi) is 11.1. The Hall–Kier alpha value is -3.44. The summed E-state index contributed by atoms with van der Waals surface area (Å²) < 4.78 is 0. The Labute approximate surface area is 244 Å². The van der Waals surface area contributed by atoms with Gasteiger partial charge in [-0.15, -0.1) is 0 Å². The summed E-state index contributed by atoms with van der Waals surface area (Å²) in [6.07, 6.45) is 7.38. The van der Waals surface area contributed by atoms with Crippen molar-refractivity contribution in [2.75, 3.05) is 20.3 Å². The molecule has 5 N–H and O–H groups in total. The van der Waals surface area contributed by atoms with Gasteiger partial charge in [-0.25, -0.2) is 14.6 Å². The van der Waals surface area contributed by atoms with E-state index in [2.05, 4.69) is 56.1 Å². The zero-order valence-electron chi connectivity index (χ0n) is 23.4. The smallest absolute Gasteiger partial charge is 0.243 e. The summed E-state index contributed by atoms with van der Waals surface area (Å²) in [6.45, 7) is 2.09. The second-order valence-electron chi connectivity index (χ2n) is 10.4. The van der Waals surface area contributed by atoms with E-state index in [-0.39, 0.29) is 30.9 Å². The van der Waals surface area contributed by atoms with E-state index >= 15 is 0 Å². The highest BCUT2D eigenvalue weighted by Gasteiger charge is 2.28. The van der Waals surface area contributed by atoms with Gasteiger partial charge in [0.15, 0.2) is 0 Å². The fourth-order valence-electron chi connectivity index (χ4n) is 5.12. The van der Waals surface area contributed by atoms with E-state index in [1.54, 1.807) is 0 Å². The molecule has 0 aliphatic carbocycles. The summed E-state index contributed by atoms with van der Waals surface area (Å²) in [5, 5.41) is 10.8. The molecule has 0 saturated heterocycles. The lowest BCUT2D eigenvalue weighted by Gasteiger charge is -2.25. The number of carbonyl (C=O) groups excluding carboxylic acids is 3. The molecule has 4 rings (SSSR count). The predicted molar refractivity (Wildman–Crippen MR) is 159 cm³/mol. The molecule has 4 bridgehead atoms. The molecule has 1 aliphatic rings. The molecule has 1 aliphatic heterocycles. The summed E-state index contributed by atoms with van der Waals surface area (Å²) in [7, 11) is 1.42. The molecule has 1 unspecified atom stereocenters. The number of rotatable bonds is 9. The lowest BCUT2D eigenvalue weighted by atomic mass is 10.00. The van der Waals surface area contributed by atoms with Crippen molar-refractivity contribution < 1.29 is 24.2 Å². The molecule has 1 aromatic heterocycles. The van der Waals surface area contributed by atoms with Crippen molar-refractivity contribution in [3.8, 4) is 0 Å². The van der Waals surface area contributed by atoms with Crippen molar-refractivity contribution in [1.29, 1.82) is 0 Å². The van der Waals surface area contributed by atoms with Crippen molar-refractivity contribution in [3.05, 3.63) is 59.7 Å². The average molecular weight is 584 g/mol. The number of aromatic amines is 1. The van der Waals surface area contributed by atoms with Gasteiger partial charge in [-0.3, -0.25) is 14.4 Å². The van der Waals surface area contributed by atoms with E-state index in [1.807, 2.05) is 18.2 Å². The third kappa shape index (κ3) is 8.53. The van der Waals surface area contributed by atoms with Gasteiger partial charge in [0.2, 0.25) is 17.7 Å². The maximum absolute atomic E-state index is 13.5. The monoisotopic (exact) mass is 583 g/mol. The molecule has 2 heterocycles. The van der Waals surface area contributed by atoms with Crippen LogP contribution in [-0.4, -0.2) is 61.1 Å². The van der Waals surface area contributed by atoms with E-state index in [0.29, 0.717) is 25.8 Å². The first-order chi connectivity index (χ1) is 19.9. The minimum atomic E-state index is -0.861. The molecule has 0 spiro atoms. The van der Waals surface area contributed by atoms with Crippen molar-refractivity contribution in [2.24, 2.45) is 0 Å². The van der Waals surface area contributed by atoms with Crippen LogP contribution >= 0.6 is 11.8 Å². The van der Waals surface area contributed by atoms with Gasteiger partial charge in [-0.05, 0) is 79.3 Å². The van der Waals surface area contributed by atoms with Gasteiger partial charge in [0, 0.05) is 41.7 Å². The van der Waals surface area contributed by atoms with Gasteiger partial charge in [0.05, 0.1) is 13.2 Å². The van der Waals surface area contributed by atoms with E-state index in [1.165, 1.54) is 14.0 Å². The Bertz CT molecular complexity index is 1390. The third-order valence-corrected chi connectivity index (χ3v) is 7.37. The SMILES string of the molecule is COOC[C@@H]1CC=CCc2ccc3[nH]c4ccc(cc4c3c2)CC(NC(C)=O)C(=O)N[C@H](CCCCNCl)C(=O)N1. The summed E-state index contributed by atoms with van der Waals surface area (Å²) in [4.78, 5) is 55.1. The number of hydrogen-bond donors (Lipinski definition) is 5. The molecule has 10 nitrogen and oxygen atoms in total. The van der Waals surface area contributed by atoms with Crippen LogP contribution in [-0.2, 0) is 37.0 Å². The minimum absolute atomic E-state index is 0.139. The molecular weight excluding hydrogens is 546 g/mol. The van der Waals surface area contributed by atoms with Gasteiger partial charge in [0.1, 0.15) is 18.7 Å². The van der Waals surface area contributed by atoms with Crippen LogP contribution in [0.15, 0.2) is 48.6 Å². The normalized spacial score (nSPS) is 20.3. The topological polar surface area (TPSA) is 134 Å². The van der Waals surface area contributed by atoms with Crippen LogP contribution in [0.3, 0.4) is 0 Å². The standard InChI is InChI=1S/C30H38ClN5O5/c1-19(37)33-28-17-21-11-13-26-24(16-21)23-15-20(10-12-25(23)35-26)7-3-4-8-22(18-41-40-2)34-29(38)27(36-30(28)39)9-5-6-14-32-31/h3-4,10-13,15-16,22,27-28,32,35H,5-9,14,17-18H2,1-2H3,(H,33,37)(H,34,38)(H,36,39)/t22-,27+,28?/m0/s1. The highest BCUT2D eigenvalue weighted by atomic mass is 35.5. The maximum atomic E-state index is 13.5. The second-order valence-corrected chi connectivity index (χ2v) is 10.6. The van der Waals surface area contributed by atoms with Crippen LogP contribution in [0.4, 0.5) is 0 Å². The highest BCUT2D eigenvalue weighted by molar-refractivity contribution is 6.13. The lowest BCUT2D eigenvalue weighted by molar-refractivity contribution is -0.275. The molecule has 0 saturated carbocycles. The molecule has 0 fully saturated rings. The summed E-state index contributed by atoms with van der Waals surface area (Å²) in [6, 6.07) is 10.3. The molecule has 2 aromatic carbocycles. The number of halogens is 1. The van der Waals surface area contributed by atoms with Gasteiger partial charge < -0.3 is 20.9 Å². The average Bonchev–Trinajstić information content (AvgIpc) is 3.31. The van der Waals surface area contributed by atoms with Crippen molar-refractivity contribution in [2.45, 2.75) is 63.6 Å². The summed E-state index contributed by atoms with van der Waals surface area (Å²) >= 11 is 5.59. The number of H-pyrrole nitrogens is 1. The van der Waals surface area contributed by atoms with Crippen LogP contribution in [0, 0.1) is 0 Å². The fourth-order valence-corrected chi connectivity index (χ4v) is 5.25. The van der Waals surface area contributed by atoms with E-state index in [0.717, 1.165) is 45.8 Å². The van der Waals surface area contributed by atoms with E-state index in [4.69, 9.17) is 21.6 Å². The number of unbranched alkanes of at least 4 members (excludes halogenated alkanes) is 1. The van der Waals surface area contributed by atoms with Gasteiger partial charge >= 0.3 is 0 Å². The van der Waals surface area contributed by atoms with Crippen LogP contribution in [0.25, 0.3) is 21.8 Å². The van der Waals surface area contributed by atoms with Crippen LogP contribution in [0.2, 0.25) is 0 Å². The van der Waals surface area contributed by atoms with Crippen molar-refractivity contribution >= 4 is 51.3 Å². The Morgan fingerprint density at radius 3 is 2.44 bits per heavy atom. The highest BCUT2D eigenvalue weighted by Crippen LogP contribution is 2.28. The first-order valence-corrected chi connectivity index (χ1v) is 14.3. The van der Waals surface area contributed by atoms with Crippen molar-refractivity contribution in [1.82, 2.24) is 25.8 Å². The van der Waals surface area contributed by atoms with Crippen LogP contribution in [0.5, 0.6) is 0 Å². The molecular formula is C30H38ClN5O5. The molecule has 3 atom stereocenters. The third-order valence-electron chi connectivity index (χ3n) is 7.18. The quantitative estimate of drug-likeness (QED) is 0.0863.